The van der Waals surface area contributed by atoms with Crippen LogP contribution in [0.1, 0.15) is 41.8 Å². The van der Waals surface area contributed by atoms with E-state index in [2.05, 4.69) is 5.32 Å². The molecule has 0 saturated carbocycles. The molecule has 0 unspecified atom stereocenters. The fourth-order valence-electron chi connectivity index (χ4n) is 1.50. The number of rotatable bonds is 5. The predicted molar refractivity (Wildman–Crippen MR) is 74.1 cm³/mol. The summed E-state index contributed by atoms with van der Waals surface area (Å²) in [5.74, 6) is -0.742. The molecule has 0 spiro atoms. The third kappa shape index (κ3) is 4.73. The van der Waals surface area contributed by atoms with Crippen molar-refractivity contribution >= 4 is 11.9 Å². The molecular weight excluding hydrogens is 242 g/mol. The van der Waals surface area contributed by atoms with Crippen molar-refractivity contribution in [2.75, 3.05) is 6.61 Å². The van der Waals surface area contributed by atoms with Crippen molar-refractivity contribution in [3.05, 3.63) is 34.9 Å². The van der Waals surface area contributed by atoms with Gasteiger partial charge in [-0.3, -0.25) is 4.79 Å². The standard InChI is InChI=1S/C15H21NO3/c1-5-12(4)16-14(17)9-19-15(18)13-7-6-10(2)11(3)8-13/h6-8,12H,5,9H2,1-4H3,(H,16,17)/t12-/m0/s1. The maximum absolute atomic E-state index is 11.8. The molecule has 0 fully saturated rings. The van der Waals surface area contributed by atoms with Gasteiger partial charge in [0, 0.05) is 6.04 Å². The van der Waals surface area contributed by atoms with Gasteiger partial charge in [0.05, 0.1) is 5.56 Å². The molecular formula is C15H21NO3. The molecule has 0 aliphatic heterocycles. The lowest BCUT2D eigenvalue weighted by Gasteiger charge is -2.11. The van der Waals surface area contributed by atoms with Gasteiger partial charge in [-0.15, -0.1) is 0 Å². The first kappa shape index (κ1) is 15.2. The number of carbonyl (C=O) groups is 2. The van der Waals surface area contributed by atoms with Crippen LogP contribution >= 0.6 is 0 Å². The van der Waals surface area contributed by atoms with Crippen LogP contribution in [-0.4, -0.2) is 24.5 Å². The summed E-state index contributed by atoms with van der Waals surface area (Å²) in [6.45, 7) is 7.55. The zero-order valence-corrected chi connectivity index (χ0v) is 11.9. The summed E-state index contributed by atoms with van der Waals surface area (Å²) in [6.07, 6.45) is 0.844. The maximum Gasteiger partial charge on any atom is 0.338 e. The van der Waals surface area contributed by atoms with Gasteiger partial charge in [-0.25, -0.2) is 4.79 Å². The van der Waals surface area contributed by atoms with Gasteiger partial charge in [-0.05, 0) is 50.5 Å². The highest BCUT2D eigenvalue weighted by molar-refractivity contribution is 5.91. The highest BCUT2D eigenvalue weighted by atomic mass is 16.5. The first-order valence-electron chi connectivity index (χ1n) is 6.47. The molecule has 104 valence electrons. The Hall–Kier alpha value is -1.84. The van der Waals surface area contributed by atoms with E-state index < -0.39 is 5.97 Å². The molecule has 4 heteroatoms. The summed E-state index contributed by atoms with van der Waals surface area (Å²) in [6, 6.07) is 5.43. The zero-order valence-electron chi connectivity index (χ0n) is 11.9. The SMILES string of the molecule is CC[C@H](C)NC(=O)COC(=O)c1ccc(C)c(C)c1. The zero-order chi connectivity index (χ0) is 14.4. The molecule has 0 saturated heterocycles. The highest BCUT2D eigenvalue weighted by Gasteiger charge is 2.11. The Morgan fingerprint density at radius 1 is 1.26 bits per heavy atom. The Morgan fingerprint density at radius 2 is 1.95 bits per heavy atom. The minimum Gasteiger partial charge on any atom is -0.452 e. The Bertz CT molecular complexity index is 468. The van der Waals surface area contributed by atoms with E-state index in [-0.39, 0.29) is 18.6 Å². The van der Waals surface area contributed by atoms with Gasteiger partial charge in [0.25, 0.3) is 5.91 Å². The topological polar surface area (TPSA) is 55.4 Å². The second-order valence-corrected chi connectivity index (χ2v) is 4.75. The Balaban J connectivity index is 2.51. The Morgan fingerprint density at radius 3 is 2.53 bits per heavy atom. The predicted octanol–water partition coefficient (Wildman–Crippen LogP) is 2.37. The maximum atomic E-state index is 11.8. The number of esters is 1. The minimum absolute atomic E-state index is 0.0906. The number of hydrogen-bond donors (Lipinski definition) is 1. The van der Waals surface area contributed by atoms with Gasteiger partial charge >= 0.3 is 5.97 Å². The first-order valence-corrected chi connectivity index (χ1v) is 6.47. The van der Waals surface area contributed by atoms with Crippen LogP contribution in [0, 0.1) is 13.8 Å². The third-order valence-electron chi connectivity index (χ3n) is 3.10. The van der Waals surface area contributed by atoms with Crippen LogP contribution in [0.15, 0.2) is 18.2 Å². The van der Waals surface area contributed by atoms with Crippen molar-refractivity contribution in [2.24, 2.45) is 0 Å². The van der Waals surface area contributed by atoms with Crippen molar-refractivity contribution in [3.63, 3.8) is 0 Å². The quantitative estimate of drug-likeness (QED) is 0.830. The van der Waals surface area contributed by atoms with Crippen LogP contribution in [0.2, 0.25) is 0 Å². The summed E-state index contributed by atoms with van der Waals surface area (Å²) in [7, 11) is 0. The van der Waals surface area contributed by atoms with Crippen molar-refractivity contribution in [1.29, 1.82) is 0 Å². The van der Waals surface area contributed by atoms with Crippen molar-refractivity contribution in [1.82, 2.24) is 5.32 Å². The van der Waals surface area contributed by atoms with Crippen LogP contribution in [0.3, 0.4) is 0 Å². The van der Waals surface area contributed by atoms with E-state index in [4.69, 9.17) is 4.74 Å². The molecule has 0 aliphatic rings. The van der Waals surface area contributed by atoms with Gasteiger partial charge in [0.2, 0.25) is 0 Å². The molecule has 1 amide bonds. The average molecular weight is 263 g/mol. The molecule has 1 N–H and O–H groups in total. The molecule has 1 aromatic rings. The third-order valence-corrected chi connectivity index (χ3v) is 3.10. The molecule has 1 rings (SSSR count). The lowest BCUT2D eigenvalue weighted by molar-refractivity contribution is -0.124. The fraction of sp³-hybridized carbons (Fsp3) is 0.467. The number of aryl methyl sites for hydroxylation is 2. The lowest BCUT2D eigenvalue weighted by atomic mass is 10.1. The normalized spacial score (nSPS) is 11.8. The monoisotopic (exact) mass is 263 g/mol. The van der Waals surface area contributed by atoms with E-state index in [1.807, 2.05) is 33.8 Å². The number of hydrogen-bond acceptors (Lipinski definition) is 3. The van der Waals surface area contributed by atoms with E-state index in [0.717, 1.165) is 17.5 Å². The number of amides is 1. The van der Waals surface area contributed by atoms with Crippen LogP contribution in [0.5, 0.6) is 0 Å². The Kier molecular flexibility index (Phi) is 5.55. The fourth-order valence-corrected chi connectivity index (χ4v) is 1.50. The Labute approximate surface area is 114 Å². The smallest absolute Gasteiger partial charge is 0.338 e. The second kappa shape index (κ2) is 6.92. The summed E-state index contributed by atoms with van der Waals surface area (Å²) in [5.41, 5.74) is 2.61. The molecule has 19 heavy (non-hydrogen) atoms. The number of nitrogens with one attached hydrogen (secondary N) is 1. The molecule has 1 atom stereocenters. The van der Waals surface area contributed by atoms with Gasteiger partial charge in [0.15, 0.2) is 6.61 Å². The van der Waals surface area contributed by atoms with Gasteiger partial charge < -0.3 is 10.1 Å². The van der Waals surface area contributed by atoms with E-state index in [1.165, 1.54) is 0 Å². The highest BCUT2D eigenvalue weighted by Crippen LogP contribution is 2.10. The molecule has 0 aliphatic carbocycles. The van der Waals surface area contributed by atoms with Crippen LogP contribution in [0.25, 0.3) is 0 Å². The van der Waals surface area contributed by atoms with E-state index in [1.54, 1.807) is 12.1 Å². The molecule has 0 radical (unpaired) electrons. The van der Waals surface area contributed by atoms with Crippen LogP contribution < -0.4 is 5.32 Å². The largest absolute Gasteiger partial charge is 0.452 e. The van der Waals surface area contributed by atoms with Gasteiger partial charge in [-0.2, -0.15) is 0 Å². The van der Waals surface area contributed by atoms with E-state index >= 15 is 0 Å². The summed E-state index contributed by atoms with van der Waals surface area (Å²) >= 11 is 0. The number of ether oxygens (including phenoxy) is 1. The van der Waals surface area contributed by atoms with Crippen LogP contribution in [-0.2, 0) is 9.53 Å². The minimum atomic E-state index is -0.470. The first-order chi connectivity index (χ1) is 8.93. The van der Waals surface area contributed by atoms with Crippen molar-refractivity contribution in [3.8, 4) is 0 Å². The second-order valence-electron chi connectivity index (χ2n) is 4.75. The average Bonchev–Trinajstić information content (AvgIpc) is 2.39. The molecule has 0 aromatic heterocycles. The molecule has 0 bridgehead atoms. The van der Waals surface area contributed by atoms with Crippen molar-refractivity contribution < 1.29 is 14.3 Å². The van der Waals surface area contributed by atoms with E-state index in [0.29, 0.717) is 5.56 Å². The summed E-state index contributed by atoms with van der Waals surface area (Å²) in [5, 5.41) is 2.74. The van der Waals surface area contributed by atoms with E-state index in [9.17, 15) is 9.59 Å². The number of carbonyl (C=O) groups excluding carboxylic acids is 2. The number of benzene rings is 1. The van der Waals surface area contributed by atoms with Gasteiger partial charge in [0.1, 0.15) is 0 Å². The lowest BCUT2D eigenvalue weighted by Crippen LogP contribution is -2.35. The van der Waals surface area contributed by atoms with Crippen LogP contribution in [0.4, 0.5) is 0 Å². The van der Waals surface area contributed by atoms with Gasteiger partial charge in [-0.1, -0.05) is 13.0 Å². The molecule has 1 aromatic carbocycles. The van der Waals surface area contributed by atoms with Crippen molar-refractivity contribution in [2.45, 2.75) is 40.2 Å². The molecule has 4 nitrogen and oxygen atoms in total. The molecule has 0 heterocycles. The summed E-state index contributed by atoms with van der Waals surface area (Å²) in [4.78, 5) is 23.2. The summed E-state index contributed by atoms with van der Waals surface area (Å²) < 4.78 is 4.98.